The van der Waals surface area contributed by atoms with E-state index < -0.39 is 26.6 Å². The molecular formula is C21H19F2N3O4S. The molecule has 7 nitrogen and oxygen atoms in total. The fraction of sp³-hybridized carbons (Fsp3) is 0.238. The van der Waals surface area contributed by atoms with E-state index in [0.717, 1.165) is 22.0 Å². The number of halogens is 2. The van der Waals surface area contributed by atoms with Gasteiger partial charge in [-0.2, -0.15) is 4.31 Å². The van der Waals surface area contributed by atoms with Crippen molar-refractivity contribution in [1.29, 1.82) is 0 Å². The van der Waals surface area contributed by atoms with Gasteiger partial charge < -0.3 is 9.32 Å². The predicted molar refractivity (Wildman–Crippen MR) is 107 cm³/mol. The van der Waals surface area contributed by atoms with Gasteiger partial charge in [-0.25, -0.2) is 22.2 Å². The summed E-state index contributed by atoms with van der Waals surface area (Å²) in [5.74, 6) is -1.66. The summed E-state index contributed by atoms with van der Waals surface area (Å²) < 4.78 is 59.2. The highest BCUT2D eigenvalue weighted by atomic mass is 32.2. The summed E-state index contributed by atoms with van der Waals surface area (Å²) in [6, 6.07) is 11.6. The van der Waals surface area contributed by atoms with Crippen LogP contribution < -0.4 is 0 Å². The highest BCUT2D eigenvalue weighted by molar-refractivity contribution is 7.89. The molecule has 1 amide bonds. The zero-order valence-corrected chi connectivity index (χ0v) is 17.2. The van der Waals surface area contributed by atoms with Crippen molar-refractivity contribution in [2.45, 2.75) is 11.3 Å². The molecule has 31 heavy (non-hydrogen) atoms. The third kappa shape index (κ3) is 4.49. The number of amides is 1. The van der Waals surface area contributed by atoms with E-state index in [1.807, 2.05) is 30.3 Å². The molecule has 162 valence electrons. The Balaban J connectivity index is 1.38. The highest BCUT2D eigenvalue weighted by Crippen LogP contribution is 2.22. The summed E-state index contributed by atoms with van der Waals surface area (Å²) in [5.41, 5.74) is 1.27. The molecule has 1 aliphatic heterocycles. The van der Waals surface area contributed by atoms with Gasteiger partial charge in [-0.15, -0.1) is 0 Å². The number of hydrogen-bond donors (Lipinski definition) is 0. The van der Waals surface area contributed by atoms with Crippen LogP contribution in [-0.2, 0) is 21.2 Å². The largest absolute Gasteiger partial charge is 0.444 e. The van der Waals surface area contributed by atoms with Crippen LogP contribution in [0.15, 0.2) is 64.1 Å². The summed E-state index contributed by atoms with van der Waals surface area (Å²) in [7, 11) is -4.20. The average molecular weight is 447 g/mol. The molecule has 0 saturated carbocycles. The van der Waals surface area contributed by atoms with E-state index in [2.05, 4.69) is 4.98 Å². The Morgan fingerprint density at radius 1 is 1.03 bits per heavy atom. The normalized spacial score (nSPS) is 15.2. The minimum Gasteiger partial charge on any atom is -0.444 e. The number of oxazole rings is 1. The minimum absolute atomic E-state index is 0.0155. The molecule has 2 heterocycles. The summed E-state index contributed by atoms with van der Waals surface area (Å²) in [6.07, 6.45) is 1.44. The molecule has 3 aromatic rings. The van der Waals surface area contributed by atoms with E-state index in [0.29, 0.717) is 17.7 Å². The van der Waals surface area contributed by atoms with Gasteiger partial charge >= 0.3 is 0 Å². The second-order valence-electron chi connectivity index (χ2n) is 7.05. The topological polar surface area (TPSA) is 83.7 Å². The van der Waals surface area contributed by atoms with Gasteiger partial charge in [0.05, 0.1) is 12.1 Å². The van der Waals surface area contributed by atoms with E-state index in [-0.39, 0.29) is 38.5 Å². The fourth-order valence-corrected chi connectivity index (χ4v) is 4.86. The molecule has 1 fully saturated rings. The molecule has 0 bridgehead atoms. The van der Waals surface area contributed by atoms with Gasteiger partial charge in [-0.05, 0) is 30.3 Å². The van der Waals surface area contributed by atoms with Gasteiger partial charge in [-0.1, -0.05) is 18.2 Å². The number of piperazine rings is 1. The summed E-state index contributed by atoms with van der Waals surface area (Å²) in [4.78, 5) is 17.7. The first kappa shape index (κ1) is 21.1. The van der Waals surface area contributed by atoms with Crippen LogP contribution in [0, 0.1) is 11.6 Å². The van der Waals surface area contributed by atoms with Crippen LogP contribution in [-0.4, -0.2) is 54.7 Å². The molecular weight excluding hydrogens is 428 g/mol. The van der Waals surface area contributed by atoms with Crippen LogP contribution in [0.3, 0.4) is 0 Å². The molecule has 1 aromatic heterocycles. The van der Waals surface area contributed by atoms with Crippen molar-refractivity contribution in [2.24, 2.45) is 0 Å². The van der Waals surface area contributed by atoms with E-state index >= 15 is 0 Å². The smallest absolute Gasteiger partial charge is 0.246 e. The number of nitrogens with zero attached hydrogens (tertiary/aromatic N) is 3. The van der Waals surface area contributed by atoms with Crippen molar-refractivity contribution >= 4 is 15.9 Å². The number of hydrogen-bond acceptors (Lipinski definition) is 5. The third-order valence-corrected chi connectivity index (χ3v) is 6.92. The molecule has 0 aliphatic carbocycles. The summed E-state index contributed by atoms with van der Waals surface area (Å²) >= 11 is 0. The van der Waals surface area contributed by atoms with Gasteiger partial charge in [0.25, 0.3) is 0 Å². The second kappa shape index (κ2) is 8.56. The van der Waals surface area contributed by atoms with Crippen LogP contribution >= 0.6 is 0 Å². The fourth-order valence-electron chi connectivity index (χ4n) is 3.36. The molecule has 1 aliphatic rings. The molecule has 0 spiro atoms. The van der Waals surface area contributed by atoms with Crippen molar-refractivity contribution in [2.75, 3.05) is 26.2 Å². The Hall–Kier alpha value is -3.11. The average Bonchev–Trinajstić information content (AvgIpc) is 3.24. The van der Waals surface area contributed by atoms with Crippen LogP contribution in [0.1, 0.15) is 5.69 Å². The van der Waals surface area contributed by atoms with E-state index in [1.165, 1.54) is 11.2 Å². The summed E-state index contributed by atoms with van der Waals surface area (Å²) in [5, 5.41) is 0. The lowest BCUT2D eigenvalue weighted by Gasteiger charge is -2.34. The Bertz CT molecular complexity index is 1190. The first-order valence-electron chi connectivity index (χ1n) is 9.57. The Labute approximate surface area is 178 Å². The van der Waals surface area contributed by atoms with E-state index in [4.69, 9.17) is 4.42 Å². The van der Waals surface area contributed by atoms with Crippen molar-refractivity contribution in [3.8, 4) is 11.5 Å². The molecule has 0 atom stereocenters. The number of carbonyl (C=O) groups excluding carboxylic acids is 1. The number of rotatable bonds is 5. The van der Waals surface area contributed by atoms with E-state index in [9.17, 15) is 22.0 Å². The zero-order chi connectivity index (χ0) is 22.0. The van der Waals surface area contributed by atoms with Crippen LogP contribution in [0.2, 0.25) is 0 Å². The second-order valence-corrected chi connectivity index (χ2v) is 8.95. The monoisotopic (exact) mass is 447 g/mol. The SMILES string of the molecule is O=C(Cc1coc(-c2ccccc2)n1)N1CCN(S(=O)(=O)c2cc(F)ccc2F)CC1. The molecule has 2 aromatic carbocycles. The molecule has 1 saturated heterocycles. The van der Waals surface area contributed by atoms with Gasteiger partial charge in [0.1, 0.15) is 22.8 Å². The quantitative estimate of drug-likeness (QED) is 0.601. The molecule has 10 heteroatoms. The molecule has 0 unspecified atom stereocenters. The third-order valence-electron chi connectivity index (χ3n) is 5.01. The van der Waals surface area contributed by atoms with Gasteiger partial charge in [0, 0.05) is 31.7 Å². The van der Waals surface area contributed by atoms with Crippen molar-refractivity contribution in [1.82, 2.24) is 14.2 Å². The lowest BCUT2D eigenvalue weighted by Crippen LogP contribution is -2.51. The minimum atomic E-state index is -4.20. The van der Waals surface area contributed by atoms with Crippen molar-refractivity contribution in [3.05, 3.63) is 72.1 Å². The van der Waals surface area contributed by atoms with Crippen LogP contribution in [0.4, 0.5) is 8.78 Å². The Morgan fingerprint density at radius 2 is 1.74 bits per heavy atom. The Kier molecular flexibility index (Phi) is 5.84. The van der Waals surface area contributed by atoms with E-state index in [1.54, 1.807) is 0 Å². The summed E-state index contributed by atoms with van der Waals surface area (Å²) in [6.45, 7) is 0.243. The van der Waals surface area contributed by atoms with Crippen molar-refractivity contribution < 1.29 is 26.4 Å². The lowest BCUT2D eigenvalue weighted by molar-refractivity contribution is -0.131. The predicted octanol–water partition coefficient (Wildman–Crippen LogP) is 2.70. The molecule has 4 rings (SSSR count). The highest BCUT2D eigenvalue weighted by Gasteiger charge is 2.32. The number of carbonyl (C=O) groups is 1. The molecule has 0 N–H and O–H groups in total. The van der Waals surface area contributed by atoms with Crippen LogP contribution in [0.25, 0.3) is 11.5 Å². The van der Waals surface area contributed by atoms with Gasteiger partial charge in [0.15, 0.2) is 0 Å². The first-order valence-corrected chi connectivity index (χ1v) is 11.0. The standard InChI is InChI=1S/C21H19F2N3O4S/c22-16-6-7-18(23)19(12-16)31(28,29)26-10-8-25(9-11-26)20(27)13-17-14-30-21(24-17)15-4-2-1-3-5-15/h1-7,12,14H,8-11,13H2. The number of aromatic nitrogens is 1. The Morgan fingerprint density at radius 3 is 2.45 bits per heavy atom. The maximum atomic E-state index is 13.9. The lowest BCUT2D eigenvalue weighted by atomic mass is 10.2. The van der Waals surface area contributed by atoms with Gasteiger partial charge in [-0.3, -0.25) is 4.79 Å². The maximum absolute atomic E-state index is 13.9. The zero-order valence-electron chi connectivity index (χ0n) is 16.4. The first-order chi connectivity index (χ1) is 14.8. The maximum Gasteiger partial charge on any atom is 0.246 e. The van der Waals surface area contributed by atoms with Crippen LogP contribution in [0.5, 0.6) is 0 Å². The number of benzene rings is 2. The van der Waals surface area contributed by atoms with Crippen molar-refractivity contribution in [3.63, 3.8) is 0 Å². The molecule has 0 radical (unpaired) electrons. The number of sulfonamides is 1. The van der Waals surface area contributed by atoms with Gasteiger partial charge in [0.2, 0.25) is 21.8 Å².